The number of aliphatic hydroxyl groups excluding tert-OH is 4. The largest absolute Gasteiger partial charge is 0.443 e. The van der Waals surface area contributed by atoms with Gasteiger partial charge in [-0.15, -0.1) is 10.2 Å². The third kappa shape index (κ3) is 21.2. The van der Waals surface area contributed by atoms with Crippen molar-refractivity contribution >= 4 is 23.6 Å². The Morgan fingerprint density at radius 3 is 1.48 bits per heavy atom. The van der Waals surface area contributed by atoms with Gasteiger partial charge in [-0.25, -0.2) is 19.0 Å². The molecule has 0 radical (unpaired) electrons. The molecule has 4 aromatic rings. The number of hydrogen-bond donors (Lipinski definition) is 6. The van der Waals surface area contributed by atoms with Crippen LogP contribution in [0.5, 0.6) is 0 Å². The number of rotatable bonds is 30. The van der Waals surface area contributed by atoms with Crippen LogP contribution in [0.4, 0.5) is 21.0 Å². The number of nitrogens with zero attached hydrogens (tertiary/aromatic N) is 12. The zero-order valence-electron chi connectivity index (χ0n) is 35.9. The molecule has 65 heavy (non-hydrogen) atoms. The first-order valence-electron chi connectivity index (χ1n) is 20.3. The van der Waals surface area contributed by atoms with Crippen molar-refractivity contribution in [3.05, 3.63) is 104 Å². The van der Waals surface area contributed by atoms with Crippen LogP contribution in [0.2, 0.25) is 0 Å². The van der Waals surface area contributed by atoms with Gasteiger partial charge in [-0.3, -0.25) is 10.6 Å². The molecule has 2 aromatic heterocycles. The van der Waals surface area contributed by atoms with Gasteiger partial charge >= 0.3 is 12.2 Å². The van der Waals surface area contributed by atoms with Crippen molar-refractivity contribution in [2.45, 2.75) is 83.2 Å². The van der Waals surface area contributed by atoms with Gasteiger partial charge in [0.15, 0.2) is 0 Å². The highest BCUT2D eigenvalue weighted by Gasteiger charge is 2.15. The Morgan fingerprint density at radius 1 is 0.631 bits per heavy atom. The number of carbonyl (C=O) groups excluding carboxylic acids is 2. The van der Waals surface area contributed by atoms with Gasteiger partial charge in [-0.05, 0) is 66.7 Å². The smallest absolute Gasteiger partial charge is 0.412 e. The van der Waals surface area contributed by atoms with Gasteiger partial charge in [-0.1, -0.05) is 44.9 Å². The lowest BCUT2D eigenvalue weighted by Gasteiger charge is -2.17. The number of amides is 2. The average Bonchev–Trinajstić information content (AvgIpc) is 3.94. The van der Waals surface area contributed by atoms with Crippen LogP contribution in [0.1, 0.15) is 36.4 Å². The third-order valence-corrected chi connectivity index (χ3v) is 8.66. The fourth-order valence-corrected chi connectivity index (χ4v) is 5.51. The van der Waals surface area contributed by atoms with E-state index in [-0.39, 0.29) is 91.2 Å². The first-order valence-corrected chi connectivity index (χ1v) is 20.3. The molecule has 0 fully saturated rings. The molecular formula is C39H54N14O12. The van der Waals surface area contributed by atoms with Crippen molar-refractivity contribution in [2.24, 2.45) is 10.2 Å². The number of carbonyl (C=O) groups is 2. The van der Waals surface area contributed by atoms with Gasteiger partial charge in [0, 0.05) is 21.2 Å². The van der Waals surface area contributed by atoms with Gasteiger partial charge in [-0.2, -0.15) is 0 Å². The summed E-state index contributed by atoms with van der Waals surface area (Å²) in [5.74, 6) is 0. The molecule has 6 atom stereocenters. The summed E-state index contributed by atoms with van der Waals surface area (Å²) in [5.41, 5.74) is 20.3. The number of azide groups is 2. The first kappa shape index (κ1) is 51.2. The molecule has 2 heterocycles. The Bertz CT molecular complexity index is 2110. The zero-order chi connectivity index (χ0) is 46.8. The summed E-state index contributed by atoms with van der Waals surface area (Å²) < 4.78 is 35.1. The maximum atomic E-state index is 12.4. The zero-order valence-corrected chi connectivity index (χ0v) is 35.9. The highest BCUT2D eigenvalue weighted by molar-refractivity contribution is 5.85. The normalized spacial score (nSPS) is 13.9. The molecule has 26 nitrogen and oxygen atoms in total. The van der Waals surface area contributed by atoms with Gasteiger partial charge in [0.1, 0.15) is 24.6 Å². The summed E-state index contributed by atoms with van der Waals surface area (Å²) in [6.07, 6.45) is -2.09. The molecule has 352 valence electrons. The minimum atomic E-state index is -0.918. The molecule has 6 unspecified atom stereocenters. The number of nitrogens with one attached hydrogen (secondary N) is 2. The summed E-state index contributed by atoms with van der Waals surface area (Å²) >= 11 is 0. The van der Waals surface area contributed by atoms with Gasteiger partial charge in [0.05, 0.1) is 115 Å². The van der Waals surface area contributed by atoms with Crippen LogP contribution in [0.25, 0.3) is 20.9 Å². The van der Waals surface area contributed by atoms with E-state index in [1.54, 1.807) is 50.5 Å². The quantitative estimate of drug-likeness (QED) is 0.0249. The number of aliphatic hydroxyl groups is 4. The van der Waals surface area contributed by atoms with Crippen molar-refractivity contribution in [1.82, 2.24) is 30.0 Å². The fourth-order valence-electron chi connectivity index (χ4n) is 5.51. The Morgan fingerprint density at radius 2 is 1.03 bits per heavy atom. The SMILES string of the molecule is CC(COCC(O)Cn1cc(COC(=O)Nc2ccc(Cc3ccc(NC(=O)OCc4cn(CC(O)COC(C)COCC(O)CN=[N+]=[N-])nn4)cc3)cc2)nn1)OCC(O)CN=[N+]=[N-]. The van der Waals surface area contributed by atoms with Gasteiger partial charge in [0.25, 0.3) is 0 Å². The van der Waals surface area contributed by atoms with Crippen LogP contribution in [-0.4, -0.2) is 152 Å². The molecule has 2 amide bonds. The molecule has 2 aromatic carbocycles. The van der Waals surface area contributed by atoms with E-state index in [4.69, 9.17) is 39.5 Å². The molecule has 0 aliphatic carbocycles. The first-order chi connectivity index (χ1) is 31.4. The van der Waals surface area contributed by atoms with E-state index in [0.29, 0.717) is 29.2 Å². The minimum absolute atomic E-state index is 0.00690. The van der Waals surface area contributed by atoms with Crippen LogP contribution in [0.15, 0.2) is 71.2 Å². The average molecular weight is 911 g/mol. The predicted octanol–water partition coefficient (Wildman–Crippen LogP) is 2.87. The van der Waals surface area contributed by atoms with E-state index in [0.717, 1.165) is 11.1 Å². The van der Waals surface area contributed by atoms with E-state index in [1.165, 1.54) is 9.36 Å². The molecule has 0 spiro atoms. The van der Waals surface area contributed by atoms with Crippen molar-refractivity contribution in [3.8, 4) is 0 Å². The van der Waals surface area contributed by atoms with E-state index in [1.807, 2.05) is 24.3 Å². The summed E-state index contributed by atoms with van der Waals surface area (Å²) in [6, 6.07) is 14.4. The van der Waals surface area contributed by atoms with Crippen molar-refractivity contribution < 1.29 is 58.4 Å². The van der Waals surface area contributed by atoms with E-state index in [9.17, 15) is 30.0 Å². The molecule has 0 aliphatic rings. The molecule has 0 bridgehead atoms. The summed E-state index contributed by atoms with van der Waals surface area (Å²) in [5, 5.41) is 67.6. The second kappa shape index (κ2) is 28.4. The van der Waals surface area contributed by atoms with Crippen LogP contribution in [0, 0.1) is 0 Å². The topological polar surface area (TPSA) is 353 Å². The van der Waals surface area contributed by atoms with Crippen LogP contribution in [-0.2, 0) is 61.1 Å². The maximum Gasteiger partial charge on any atom is 0.412 e. The van der Waals surface area contributed by atoms with E-state index in [2.05, 4.69) is 51.3 Å². The van der Waals surface area contributed by atoms with Crippen molar-refractivity contribution in [3.63, 3.8) is 0 Å². The number of benzene rings is 2. The third-order valence-electron chi connectivity index (χ3n) is 8.66. The number of aromatic nitrogens is 6. The molecule has 6 N–H and O–H groups in total. The Kier molecular flexibility index (Phi) is 22.3. The summed E-state index contributed by atoms with van der Waals surface area (Å²) in [7, 11) is 0. The van der Waals surface area contributed by atoms with Crippen LogP contribution < -0.4 is 10.6 Å². The molecule has 4 rings (SSSR count). The lowest BCUT2D eigenvalue weighted by molar-refractivity contribution is -0.0563. The van der Waals surface area contributed by atoms with E-state index >= 15 is 0 Å². The lowest BCUT2D eigenvalue weighted by atomic mass is 10.0. The lowest BCUT2D eigenvalue weighted by Crippen LogP contribution is -2.28. The molecule has 26 heteroatoms. The molecule has 0 saturated carbocycles. The number of ether oxygens (including phenoxy) is 6. The van der Waals surface area contributed by atoms with Gasteiger partial charge in [0.2, 0.25) is 0 Å². The second-order valence-corrected chi connectivity index (χ2v) is 14.6. The van der Waals surface area contributed by atoms with E-state index < -0.39 is 36.6 Å². The monoisotopic (exact) mass is 910 g/mol. The number of anilines is 2. The summed E-state index contributed by atoms with van der Waals surface area (Å²) in [4.78, 5) is 30.0. The van der Waals surface area contributed by atoms with Crippen molar-refractivity contribution in [2.75, 3.05) is 63.4 Å². The Balaban J connectivity index is 1.07. The van der Waals surface area contributed by atoms with Crippen molar-refractivity contribution in [1.29, 1.82) is 0 Å². The molecule has 0 aliphatic heterocycles. The predicted molar refractivity (Wildman–Crippen MR) is 228 cm³/mol. The van der Waals surface area contributed by atoms with Gasteiger partial charge < -0.3 is 48.8 Å². The highest BCUT2D eigenvalue weighted by atomic mass is 16.6. The highest BCUT2D eigenvalue weighted by Crippen LogP contribution is 2.17. The minimum Gasteiger partial charge on any atom is -0.443 e. The second-order valence-electron chi connectivity index (χ2n) is 14.6. The molecule has 0 saturated heterocycles. The maximum absolute atomic E-state index is 12.4. The van der Waals surface area contributed by atoms with Crippen LogP contribution in [0.3, 0.4) is 0 Å². The van der Waals surface area contributed by atoms with Crippen LogP contribution >= 0.6 is 0 Å². The Labute approximate surface area is 372 Å². The fraction of sp³-hybridized carbons (Fsp3) is 0.538. The summed E-state index contributed by atoms with van der Waals surface area (Å²) in [6.45, 7) is 3.44. The standard InChI is InChI=1S/C39H54N14O12/c1-26(62-24-35(55)13-43-49-41)19-61-23-36(56)16-52-14-32(46-50-52)20-64-38(58)44-30-7-3-28(4-8-30)11-29-5-9-31(10-6-29)45-39(59)65-21-33-15-53(51-47-33)17-37(57)25-63-27(2)18-60-22-34(54)12-42-48-40/h3-10,14-15,26-27,34-37,54-57H,11-13,16-25H2,1-2H3,(H,44,58)(H,45,59). The Hall–Kier alpha value is -6.44. The molecular weight excluding hydrogens is 857 g/mol. The number of hydrogen-bond acceptors (Lipinski definition) is 18.